The minimum Gasteiger partial charge on any atom is -0.485 e. The van der Waals surface area contributed by atoms with E-state index in [9.17, 15) is 9.90 Å². The number of carbonyl (C=O) groups excluding carboxylic acids is 1. The fraction of sp³-hybridized carbons (Fsp3) is 0.588. The maximum absolute atomic E-state index is 12.7. The van der Waals surface area contributed by atoms with E-state index in [1.165, 1.54) is 0 Å². The summed E-state index contributed by atoms with van der Waals surface area (Å²) in [6, 6.07) is 3.11. The summed E-state index contributed by atoms with van der Waals surface area (Å²) in [5.74, 6) is 0.662. The first-order chi connectivity index (χ1) is 11.4. The number of nitrogens with zero attached hydrogens (tertiary/aromatic N) is 3. The Kier molecular flexibility index (Phi) is 3.32. The van der Waals surface area contributed by atoms with Crippen molar-refractivity contribution in [3.8, 4) is 5.75 Å². The third-order valence-electron chi connectivity index (χ3n) is 5.16. The molecule has 128 valence electrons. The summed E-state index contributed by atoms with van der Waals surface area (Å²) < 4.78 is 10.8. The summed E-state index contributed by atoms with van der Waals surface area (Å²) >= 11 is 0. The van der Waals surface area contributed by atoms with Crippen LogP contribution in [0.15, 0.2) is 16.8 Å². The van der Waals surface area contributed by atoms with Gasteiger partial charge in [-0.3, -0.25) is 4.79 Å². The molecular formula is C17H21N3O4. The van der Waals surface area contributed by atoms with E-state index in [4.69, 9.17) is 9.37 Å². The van der Waals surface area contributed by atoms with Crippen LogP contribution < -0.4 is 4.74 Å². The molecule has 1 N–H and O–H groups in total. The van der Waals surface area contributed by atoms with Crippen LogP contribution in [0, 0.1) is 5.92 Å². The SMILES string of the molecule is CC1CCCN(C2c3cc4nonc4cc3OC(C)(C)C2O)C1=O. The molecule has 24 heavy (non-hydrogen) atoms. The molecule has 0 saturated carbocycles. The molecule has 1 saturated heterocycles. The van der Waals surface area contributed by atoms with Gasteiger partial charge in [0.1, 0.15) is 28.5 Å². The van der Waals surface area contributed by atoms with Crippen molar-refractivity contribution in [3.63, 3.8) is 0 Å². The van der Waals surface area contributed by atoms with E-state index in [0.29, 0.717) is 23.3 Å². The van der Waals surface area contributed by atoms with E-state index in [1.807, 2.05) is 20.8 Å². The Morgan fingerprint density at radius 2 is 2.00 bits per heavy atom. The molecule has 0 radical (unpaired) electrons. The summed E-state index contributed by atoms with van der Waals surface area (Å²) in [6.07, 6.45) is 0.981. The molecular weight excluding hydrogens is 310 g/mol. The zero-order valence-electron chi connectivity index (χ0n) is 14.0. The number of piperidine rings is 1. The zero-order valence-corrected chi connectivity index (χ0v) is 14.0. The molecule has 0 spiro atoms. The van der Waals surface area contributed by atoms with Crippen LogP contribution in [0.25, 0.3) is 11.0 Å². The average molecular weight is 331 g/mol. The van der Waals surface area contributed by atoms with Crippen molar-refractivity contribution in [2.45, 2.75) is 51.4 Å². The number of hydrogen-bond donors (Lipinski definition) is 1. The highest BCUT2D eigenvalue weighted by Gasteiger charge is 2.48. The topological polar surface area (TPSA) is 88.7 Å². The largest absolute Gasteiger partial charge is 0.485 e. The first-order valence-electron chi connectivity index (χ1n) is 8.32. The number of aliphatic hydroxyl groups excluding tert-OH is 1. The Balaban J connectivity index is 1.86. The summed E-state index contributed by atoms with van der Waals surface area (Å²) in [6.45, 7) is 6.24. The molecule has 3 unspecified atom stereocenters. The van der Waals surface area contributed by atoms with Crippen LogP contribution in [0.5, 0.6) is 5.75 Å². The van der Waals surface area contributed by atoms with Gasteiger partial charge < -0.3 is 14.7 Å². The van der Waals surface area contributed by atoms with Crippen molar-refractivity contribution in [1.29, 1.82) is 0 Å². The Bertz CT molecular complexity index is 800. The number of ether oxygens (including phenoxy) is 1. The number of rotatable bonds is 1. The van der Waals surface area contributed by atoms with Gasteiger partial charge in [0.2, 0.25) is 5.91 Å². The van der Waals surface area contributed by atoms with E-state index in [2.05, 4.69) is 10.3 Å². The van der Waals surface area contributed by atoms with Crippen LogP contribution in [0.3, 0.4) is 0 Å². The molecule has 4 rings (SSSR count). The predicted octanol–water partition coefficient (Wildman–Crippen LogP) is 2.05. The number of amides is 1. The van der Waals surface area contributed by atoms with E-state index in [-0.39, 0.29) is 11.8 Å². The van der Waals surface area contributed by atoms with Crippen molar-refractivity contribution < 1.29 is 19.3 Å². The number of aromatic nitrogens is 2. The second kappa shape index (κ2) is 5.17. The van der Waals surface area contributed by atoms with Crippen molar-refractivity contribution >= 4 is 16.9 Å². The second-order valence-corrected chi connectivity index (χ2v) is 7.31. The zero-order chi connectivity index (χ0) is 17.1. The smallest absolute Gasteiger partial charge is 0.226 e. The van der Waals surface area contributed by atoms with Gasteiger partial charge in [-0.15, -0.1) is 0 Å². The highest BCUT2D eigenvalue weighted by atomic mass is 16.6. The third-order valence-corrected chi connectivity index (χ3v) is 5.16. The molecule has 1 fully saturated rings. The Morgan fingerprint density at radius 3 is 2.75 bits per heavy atom. The second-order valence-electron chi connectivity index (χ2n) is 7.31. The molecule has 3 atom stereocenters. The van der Waals surface area contributed by atoms with Gasteiger partial charge >= 0.3 is 0 Å². The highest BCUT2D eigenvalue weighted by molar-refractivity contribution is 5.81. The van der Waals surface area contributed by atoms with Gasteiger partial charge in [-0.2, -0.15) is 0 Å². The van der Waals surface area contributed by atoms with Crippen molar-refractivity contribution in [2.24, 2.45) is 5.92 Å². The van der Waals surface area contributed by atoms with Crippen LogP contribution in [-0.2, 0) is 4.79 Å². The molecule has 1 amide bonds. The summed E-state index contributed by atoms with van der Waals surface area (Å²) in [5, 5.41) is 18.7. The molecule has 7 nitrogen and oxygen atoms in total. The Morgan fingerprint density at radius 1 is 1.29 bits per heavy atom. The summed E-state index contributed by atoms with van der Waals surface area (Å²) in [5.41, 5.74) is 1.13. The summed E-state index contributed by atoms with van der Waals surface area (Å²) in [4.78, 5) is 14.5. The first-order valence-corrected chi connectivity index (χ1v) is 8.32. The number of benzene rings is 1. The van der Waals surface area contributed by atoms with Gasteiger partial charge in [-0.05, 0) is 43.1 Å². The molecule has 2 aliphatic heterocycles. The van der Waals surface area contributed by atoms with Crippen LogP contribution in [0.4, 0.5) is 0 Å². The average Bonchev–Trinajstić information content (AvgIpc) is 2.97. The fourth-order valence-electron chi connectivity index (χ4n) is 3.74. The standard InChI is InChI=1S/C17H21N3O4/c1-9-5-4-6-20(16(9)22)14-10-7-11-12(19-24-18-11)8-13(10)23-17(2,3)15(14)21/h7-9,14-15,21H,4-6H2,1-3H3. The van der Waals surface area contributed by atoms with E-state index >= 15 is 0 Å². The number of likely N-dealkylation sites (tertiary alicyclic amines) is 1. The normalized spacial score (nSPS) is 29.4. The summed E-state index contributed by atoms with van der Waals surface area (Å²) in [7, 11) is 0. The van der Waals surface area contributed by atoms with Crippen LogP contribution in [0.1, 0.15) is 45.2 Å². The molecule has 7 heteroatoms. The molecule has 3 heterocycles. The minimum absolute atomic E-state index is 0.0298. The maximum atomic E-state index is 12.7. The maximum Gasteiger partial charge on any atom is 0.226 e. The number of fused-ring (bicyclic) bond motifs is 2. The van der Waals surface area contributed by atoms with Crippen molar-refractivity contribution in [3.05, 3.63) is 17.7 Å². The lowest BCUT2D eigenvalue weighted by Gasteiger charge is -2.47. The van der Waals surface area contributed by atoms with Crippen LogP contribution in [0.2, 0.25) is 0 Å². The molecule has 0 aliphatic carbocycles. The van der Waals surface area contributed by atoms with E-state index < -0.39 is 17.7 Å². The predicted molar refractivity (Wildman–Crippen MR) is 85.4 cm³/mol. The quantitative estimate of drug-likeness (QED) is 0.860. The highest BCUT2D eigenvalue weighted by Crippen LogP contribution is 2.45. The lowest BCUT2D eigenvalue weighted by molar-refractivity contribution is -0.151. The molecule has 2 aromatic rings. The van der Waals surface area contributed by atoms with Gasteiger partial charge in [0.05, 0.1) is 6.04 Å². The van der Waals surface area contributed by atoms with Crippen LogP contribution in [-0.4, -0.2) is 44.5 Å². The van der Waals surface area contributed by atoms with Crippen molar-refractivity contribution in [1.82, 2.24) is 15.2 Å². The fourth-order valence-corrected chi connectivity index (χ4v) is 3.74. The molecule has 1 aromatic heterocycles. The lowest BCUT2D eigenvalue weighted by atomic mass is 9.83. The molecule has 2 aliphatic rings. The number of carbonyl (C=O) groups is 1. The van der Waals surface area contributed by atoms with Crippen LogP contribution >= 0.6 is 0 Å². The Hall–Kier alpha value is -2.15. The van der Waals surface area contributed by atoms with E-state index in [0.717, 1.165) is 18.4 Å². The number of aliphatic hydroxyl groups is 1. The van der Waals surface area contributed by atoms with Crippen molar-refractivity contribution in [2.75, 3.05) is 6.54 Å². The molecule has 0 bridgehead atoms. The molecule has 1 aromatic carbocycles. The Labute approximate surface area is 139 Å². The van der Waals surface area contributed by atoms with E-state index in [1.54, 1.807) is 17.0 Å². The number of hydrogen-bond acceptors (Lipinski definition) is 6. The third kappa shape index (κ3) is 2.18. The van der Waals surface area contributed by atoms with Gasteiger partial charge in [0.15, 0.2) is 0 Å². The van der Waals surface area contributed by atoms with Gasteiger partial charge in [-0.1, -0.05) is 6.92 Å². The minimum atomic E-state index is -0.837. The van der Waals surface area contributed by atoms with Gasteiger partial charge in [0, 0.05) is 24.1 Å². The lowest BCUT2D eigenvalue weighted by Crippen LogP contribution is -2.56. The van der Waals surface area contributed by atoms with Gasteiger partial charge in [0.25, 0.3) is 0 Å². The first kappa shape index (κ1) is 15.4. The van der Waals surface area contributed by atoms with Gasteiger partial charge in [-0.25, -0.2) is 4.63 Å². The monoisotopic (exact) mass is 331 g/mol.